The lowest BCUT2D eigenvalue weighted by Gasteiger charge is -2.27. The number of aliphatic hydroxyl groups excluding tert-OH is 1. The molecule has 2 fully saturated rings. The van der Waals surface area contributed by atoms with E-state index < -0.39 is 30.8 Å². The number of carboxylic acid groups (broad SMARTS) is 1. The molecule has 4 nitrogen and oxygen atoms in total. The van der Waals surface area contributed by atoms with Gasteiger partial charge in [0.05, 0.1) is 0 Å². The van der Waals surface area contributed by atoms with Crippen LogP contribution in [0, 0.1) is 11.8 Å². The third kappa shape index (κ3) is 2.47. The number of carboxylic acids is 1. The second-order valence-electron chi connectivity index (χ2n) is 5.15. The molecular weight excluding hydrogens is 251 g/mol. The highest BCUT2D eigenvalue weighted by molar-refractivity contribution is 5.74. The smallest absolute Gasteiger partial charge is 0.415 e. The van der Waals surface area contributed by atoms with E-state index in [1.807, 2.05) is 0 Å². The summed E-state index contributed by atoms with van der Waals surface area (Å²) in [6, 6.07) is -0.880. The zero-order chi connectivity index (χ0) is 13.5. The van der Waals surface area contributed by atoms with Crippen molar-refractivity contribution in [2.75, 3.05) is 13.1 Å². The van der Waals surface area contributed by atoms with Gasteiger partial charge in [-0.1, -0.05) is 6.42 Å². The monoisotopic (exact) mass is 267 g/mol. The first-order valence-electron chi connectivity index (χ1n) is 6.02. The molecule has 0 amide bonds. The molecule has 0 spiro atoms. The normalized spacial score (nSPS) is 34.6. The average molecular weight is 267 g/mol. The van der Waals surface area contributed by atoms with Gasteiger partial charge in [0.2, 0.25) is 0 Å². The summed E-state index contributed by atoms with van der Waals surface area (Å²) in [5, 5.41) is 18.2. The molecule has 4 unspecified atom stereocenters. The number of fused-ring (bicyclic) bond motifs is 1. The van der Waals surface area contributed by atoms with Gasteiger partial charge in [-0.2, -0.15) is 13.2 Å². The van der Waals surface area contributed by atoms with Crippen molar-refractivity contribution in [1.29, 1.82) is 0 Å². The molecule has 1 saturated heterocycles. The zero-order valence-corrected chi connectivity index (χ0v) is 9.73. The SMILES string of the molecule is O=C(O)C1C2CCCC2CN1CC(O)C(F)(F)F. The predicted octanol–water partition coefficient (Wildman–Crippen LogP) is 1.09. The Bertz CT molecular complexity index is 334. The van der Waals surface area contributed by atoms with Gasteiger partial charge in [0, 0.05) is 13.1 Å². The van der Waals surface area contributed by atoms with Crippen molar-refractivity contribution in [3.63, 3.8) is 0 Å². The molecule has 104 valence electrons. The van der Waals surface area contributed by atoms with E-state index in [4.69, 9.17) is 10.2 Å². The van der Waals surface area contributed by atoms with E-state index in [2.05, 4.69) is 0 Å². The van der Waals surface area contributed by atoms with Crippen LogP contribution in [-0.4, -0.2) is 52.5 Å². The Hall–Kier alpha value is -0.820. The van der Waals surface area contributed by atoms with Gasteiger partial charge in [-0.05, 0) is 24.7 Å². The van der Waals surface area contributed by atoms with E-state index in [9.17, 15) is 18.0 Å². The fraction of sp³-hybridized carbons (Fsp3) is 0.909. The van der Waals surface area contributed by atoms with Gasteiger partial charge in [-0.3, -0.25) is 9.69 Å². The van der Waals surface area contributed by atoms with Gasteiger partial charge >= 0.3 is 12.1 Å². The van der Waals surface area contributed by atoms with Gasteiger partial charge in [-0.25, -0.2) is 0 Å². The molecule has 18 heavy (non-hydrogen) atoms. The van der Waals surface area contributed by atoms with Crippen molar-refractivity contribution >= 4 is 5.97 Å². The molecule has 1 aliphatic heterocycles. The highest BCUT2D eigenvalue weighted by Gasteiger charge is 2.50. The Kier molecular flexibility index (Phi) is 3.55. The van der Waals surface area contributed by atoms with Crippen LogP contribution in [0.4, 0.5) is 13.2 Å². The summed E-state index contributed by atoms with van der Waals surface area (Å²) < 4.78 is 36.9. The molecule has 0 bridgehead atoms. The maximum Gasteiger partial charge on any atom is 0.415 e. The standard InChI is InChI=1S/C11H16F3NO3/c12-11(13,14)8(16)5-15-4-6-2-1-3-7(6)9(15)10(17)18/h6-9,16H,1-5H2,(H,17,18). The van der Waals surface area contributed by atoms with E-state index in [0.717, 1.165) is 19.3 Å². The summed E-state index contributed by atoms with van der Waals surface area (Å²) >= 11 is 0. The molecule has 0 aromatic rings. The van der Waals surface area contributed by atoms with Crippen molar-refractivity contribution in [3.8, 4) is 0 Å². The third-order valence-corrected chi connectivity index (χ3v) is 4.02. The Morgan fingerprint density at radius 3 is 2.61 bits per heavy atom. The van der Waals surface area contributed by atoms with Crippen molar-refractivity contribution in [3.05, 3.63) is 0 Å². The van der Waals surface area contributed by atoms with Crippen LogP contribution < -0.4 is 0 Å². The van der Waals surface area contributed by atoms with Crippen molar-refractivity contribution in [2.24, 2.45) is 11.8 Å². The summed E-state index contributed by atoms with van der Waals surface area (Å²) in [6.45, 7) is -0.303. The molecular formula is C11H16F3NO3. The maximum atomic E-state index is 12.3. The average Bonchev–Trinajstić information content (AvgIpc) is 2.74. The Balaban J connectivity index is 2.06. The molecule has 2 rings (SSSR count). The van der Waals surface area contributed by atoms with Crippen molar-refractivity contribution in [2.45, 2.75) is 37.6 Å². The van der Waals surface area contributed by atoms with Crippen LogP contribution in [0.2, 0.25) is 0 Å². The second-order valence-corrected chi connectivity index (χ2v) is 5.15. The van der Waals surface area contributed by atoms with Gasteiger partial charge in [0.1, 0.15) is 6.04 Å². The summed E-state index contributed by atoms with van der Waals surface area (Å²) in [4.78, 5) is 12.5. The van der Waals surface area contributed by atoms with Crippen LogP contribution in [0.5, 0.6) is 0 Å². The number of aliphatic hydroxyl groups is 1. The number of carbonyl (C=O) groups is 1. The highest BCUT2D eigenvalue weighted by Crippen LogP contribution is 2.42. The predicted molar refractivity (Wildman–Crippen MR) is 55.9 cm³/mol. The van der Waals surface area contributed by atoms with Crippen LogP contribution in [0.1, 0.15) is 19.3 Å². The molecule has 0 radical (unpaired) electrons. The van der Waals surface area contributed by atoms with E-state index in [1.54, 1.807) is 0 Å². The number of hydrogen-bond donors (Lipinski definition) is 2. The van der Waals surface area contributed by atoms with Gasteiger partial charge < -0.3 is 10.2 Å². The van der Waals surface area contributed by atoms with E-state index in [-0.39, 0.29) is 11.8 Å². The van der Waals surface area contributed by atoms with E-state index in [1.165, 1.54) is 4.90 Å². The first-order valence-corrected chi connectivity index (χ1v) is 6.02. The fourth-order valence-corrected chi connectivity index (χ4v) is 3.25. The number of aliphatic carboxylic acids is 1. The molecule has 2 N–H and O–H groups in total. The number of likely N-dealkylation sites (tertiary alicyclic amines) is 1. The Morgan fingerprint density at radius 1 is 1.39 bits per heavy atom. The number of rotatable bonds is 3. The van der Waals surface area contributed by atoms with Gasteiger partial charge in [0.25, 0.3) is 0 Å². The molecule has 2 aliphatic rings. The van der Waals surface area contributed by atoms with Crippen molar-refractivity contribution < 1.29 is 28.2 Å². The topological polar surface area (TPSA) is 60.8 Å². The molecule has 1 aliphatic carbocycles. The lowest BCUT2D eigenvalue weighted by atomic mass is 9.94. The molecule has 1 saturated carbocycles. The van der Waals surface area contributed by atoms with Gasteiger partial charge in [0.15, 0.2) is 6.10 Å². The van der Waals surface area contributed by atoms with Crippen LogP contribution in [0.3, 0.4) is 0 Å². The molecule has 1 heterocycles. The minimum Gasteiger partial charge on any atom is -0.480 e. The largest absolute Gasteiger partial charge is 0.480 e. The number of β-amino-alcohol motifs (C(OH)–C–C–N with tert-alkyl or cyclic N) is 1. The summed E-state index contributed by atoms with van der Waals surface area (Å²) in [7, 11) is 0. The number of alkyl halides is 3. The third-order valence-electron chi connectivity index (χ3n) is 4.02. The number of hydrogen-bond acceptors (Lipinski definition) is 3. The fourth-order valence-electron chi connectivity index (χ4n) is 3.25. The Morgan fingerprint density at radius 2 is 2.06 bits per heavy atom. The van der Waals surface area contributed by atoms with E-state index >= 15 is 0 Å². The van der Waals surface area contributed by atoms with Crippen molar-refractivity contribution in [1.82, 2.24) is 4.90 Å². The minimum absolute atomic E-state index is 0.0667. The molecule has 0 aromatic heterocycles. The lowest BCUT2D eigenvalue weighted by molar-refractivity contribution is -0.209. The lowest BCUT2D eigenvalue weighted by Crippen LogP contribution is -2.47. The summed E-state index contributed by atoms with van der Waals surface area (Å²) in [6.07, 6.45) is -4.61. The summed E-state index contributed by atoms with van der Waals surface area (Å²) in [5.74, 6) is -0.992. The quantitative estimate of drug-likeness (QED) is 0.803. The van der Waals surface area contributed by atoms with Crippen LogP contribution >= 0.6 is 0 Å². The zero-order valence-electron chi connectivity index (χ0n) is 9.73. The summed E-state index contributed by atoms with van der Waals surface area (Å²) in [5.41, 5.74) is 0. The first kappa shape index (κ1) is 13.6. The number of nitrogens with zero attached hydrogens (tertiary/aromatic N) is 1. The maximum absolute atomic E-state index is 12.3. The molecule has 7 heteroatoms. The van der Waals surface area contributed by atoms with E-state index in [0.29, 0.717) is 6.54 Å². The van der Waals surface area contributed by atoms with Crippen LogP contribution in [0.15, 0.2) is 0 Å². The van der Waals surface area contributed by atoms with Gasteiger partial charge in [-0.15, -0.1) is 0 Å². The highest BCUT2D eigenvalue weighted by atomic mass is 19.4. The minimum atomic E-state index is -4.69. The Labute approximate surface area is 102 Å². The molecule has 0 aromatic carbocycles. The van der Waals surface area contributed by atoms with Crippen LogP contribution in [0.25, 0.3) is 0 Å². The number of halogens is 3. The van der Waals surface area contributed by atoms with Crippen LogP contribution in [-0.2, 0) is 4.79 Å². The molecule has 4 atom stereocenters. The first-order chi connectivity index (χ1) is 8.30. The second kappa shape index (κ2) is 4.70.